The third-order valence-corrected chi connectivity index (χ3v) is 5.77. The fourth-order valence-corrected chi connectivity index (χ4v) is 4.23. The quantitative estimate of drug-likeness (QED) is 0.362. The van der Waals surface area contributed by atoms with Crippen LogP contribution in [0, 0.1) is 0 Å². The summed E-state index contributed by atoms with van der Waals surface area (Å²) in [4.78, 5) is 12.0. The number of halogens is 3. The van der Waals surface area contributed by atoms with Crippen molar-refractivity contribution in [2.45, 2.75) is 55.9 Å². The zero-order valence-electron chi connectivity index (χ0n) is 16.8. The molecular weight excluding hydrogens is 413 g/mol. The Morgan fingerprint density at radius 3 is 2.77 bits per heavy atom. The lowest BCUT2D eigenvalue weighted by Crippen LogP contribution is -2.23. The van der Waals surface area contributed by atoms with Crippen LogP contribution in [0.25, 0.3) is 6.08 Å². The highest BCUT2D eigenvalue weighted by Crippen LogP contribution is 2.33. The third-order valence-electron chi connectivity index (χ3n) is 5.13. The van der Waals surface area contributed by atoms with Gasteiger partial charge in [-0.1, -0.05) is 36.7 Å². The Morgan fingerprint density at radius 2 is 2.07 bits per heavy atom. The number of carbonyl (C=O) groups is 1. The molecule has 1 aromatic heterocycles. The number of thioether (sulfide) groups is 1. The van der Waals surface area contributed by atoms with Gasteiger partial charge in [-0.15, -0.1) is 10.2 Å². The molecule has 162 valence electrons. The van der Waals surface area contributed by atoms with Gasteiger partial charge in [-0.25, -0.2) is 0 Å². The summed E-state index contributed by atoms with van der Waals surface area (Å²) < 4.78 is 40.5. The molecule has 0 bridgehead atoms. The van der Waals surface area contributed by atoms with E-state index in [-0.39, 0.29) is 5.91 Å². The van der Waals surface area contributed by atoms with E-state index in [9.17, 15) is 18.0 Å². The molecule has 0 unspecified atom stereocenters. The van der Waals surface area contributed by atoms with Crippen molar-refractivity contribution in [2.75, 3.05) is 12.8 Å². The van der Waals surface area contributed by atoms with Crippen LogP contribution in [0.1, 0.15) is 55.1 Å². The van der Waals surface area contributed by atoms with Crippen LogP contribution < -0.4 is 5.32 Å². The maximum absolute atomic E-state index is 12.7. The van der Waals surface area contributed by atoms with E-state index >= 15 is 0 Å². The Morgan fingerprint density at radius 1 is 1.30 bits per heavy atom. The number of benzene rings is 1. The van der Waals surface area contributed by atoms with Crippen molar-refractivity contribution >= 4 is 23.7 Å². The summed E-state index contributed by atoms with van der Waals surface area (Å²) in [6.45, 7) is 0.456. The predicted octanol–water partition coefficient (Wildman–Crippen LogP) is 4.90. The maximum atomic E-state index is 12.7. The molecule has 1 saturated carbocycles. The molecular formula is C21H25F3N4OS. The Kier molecular flexibility index (Phi) is 7.58. The smallest absolute Gasteiger partial charge is 0.353 e. The molecule has 0 atom stereocenters. The van der Waals surface area contributed by atoms with Crippen LogP contribution in [-0.4, -0.2) is 33.5 Å². The van der Waals surface area contributed by atoms with Gasteiger partial charge in [-0.2, -0.15) is 13.2 Å². The highest BCUT2D eigenvalue weighted by molar-refractivity contribution is 7.98. The second-order valence-corrected chi connectivity index (χ2v) is 8.04. The number of carbonyl (C=O) groups excluding carboxylic acids is 1. The van der Waals surface area contributed by atoms with E-state index in [4.69, 9.17) is 0 Å². The number of aryl methyl sites for hydroxylation is 1. The van der Waals surface area contributed by atoms with Crippen LogP contribution in [0.5, 0.6) is 0 Å². The standard InChI is InChI=1S/C21H25F3N4OS/c1-30-20-27-26-18(28(20)17-8-2-3-9-17)10-5-13-25-19(29)12-11-15-6-4-7-16(14-15)21(22,23)24/h4,6-7,11-12,14,17H,2-3,5,8-10,13H2,1H3,(H,25,29)/b12-11+. The zero-order chi connectivity index (χ0) is 21.6. The van der Waals surface area contributed by atoms with E-state index in [2.05, 4.69) is 20.1 Å². The van der Waals surface area contributed by atoms with E-state index < -0.39 is 11.7 Å². The number of rotatable bonds is 8. The minimum absolute atomic E-state index is 0.328. The van der Waals surface area contributed by atoms with Crippen molar-refractivity contribution in [3.05, 3.63) is 47.3 Å². The van der Waals surface area contributed by atoms with E-state index in [1.807, 2.05) is 6.26 Å². The summed E-state index contributed by atoms with van der Waals surface area (Å²) in [5.41, 5.74) is -0.407. The number of aromatic nitrogens is 3. The van der Waals surface area contributed by atoms with E-state index in [1.54, 1.807) is 11.8 Å². The molecule has 1 N–H and O–H groups in total. The number of hydrogen-bond acceptors (Lipinski definition) is 4. The summed E-state index contributed by atoms with van der Waals surface area (Å²) in [5.74, 6) is 0.606. The second kappa shape index (κ2) is 10.1. The predicted molar refractivity (Wildman–Crippen MR) is 111 cm³/mol. The van der Waals surface area contributed by atoms with Crippen LogP contribution in [0.15, 0.2) is 35.5 Å². The second-order valence-electron chi connectivity index (χ2n) is 7.26. The van der Waals surface area contributed by atoms with Crippen LogP contribution in [0.2, 0.25) is 0 Å². The molecule has 0 radical (unpaired) electrons. The molecule has 9 heteroatoms. The summed E-state index contributed by atoms with van der Waals surface area (Å²) in [7, 11) is 0. The molecule has 30 heavy (non-hydrogen) atoms. The SMILES string of the molecule is CSc1nnc(CCCNC(=O)/C=C/c2cccc(C(F)(F)F)c2)n1C1CCCC1. The van der Waals surface area contributed by atoms with Crippen LogP contribution >= 0.6 is 11.8 Å². The average molecular weight is 439 g/mol. The van der Waals surface area contributed by atoms with Gasteiger partial charge in [0.25, 0.3) is 0 Å². The Labute approximate surface area is 178 Å². The number of alkyl halides is 3. The maximum Gasteiger partial charge on any atom is 0.416 e. The Balaban J connectivity index is 1.49. The molecule has 1 amide bonds. The number of amides is 1. The monoisotopic (exact) mass is 438 g/mol. The van der Waals surface area contributed by atoms with E-state index in [0.717, 1.165) is 36.0 Å². The minimum Gasteiger partial charge on any atom is -0.353 e. The topological polar surface area (TPSA) is 59.8 Å². The van der Waals surface area contributed by atoms with Gasteiger partial charge in [-0.05, 0) is 49.3 Å². The van der Waals surface area contributed by atoms with Crippen LogP contribution in [0.3, 0.4) is 0 Å². The first-order valence-corrected chi connectivity index (χ1v) is 11.2. The molecule has 0 aliphatic heterocycles. The first-order chi connectivity index (χ1) is 14.4. The number of nitrogens with one attached hydrogen (secondary N) is 1. The van der Waals surface area contributed by atoms with Crippen molar-refractivity contribution in [3.8, 4) is 0 Å². The van der Waals surface area contributed by atoms with Crippen LogP contribution in [0.4, 0.5) is 13.2 Å². The normalized spacial score (nSPS) is 15.2. The van der Waals surface area contributed by atoms with Crippen molar-refractivity contribution in [1.82, 2.24) is 20.1 Å². The summed E-state index contributed by atoms with van der Waals surface area (Å²) in [6.07, 6.45) is 6.40. The van der Waals surface area contributed by atoms with Crippen molar-refractivity contribution in [1.29, 1.82) is 0 Å². The summed E-state index contributed by atoms with van der Waals surface area (Å²) in [5, 5.41) is 12.3. The van der Waals surface area contributed by atoms with Gasteiger partial charge in [0.05, 0.1) is 5.56 Å². The Bertz CT molecular complexity index is 889. The fourth-order valence-electron chi connectivity index (χ4n) is 3.65. The fraction of sp³-hybridized carbons (Fsp3) is 0.476. The summed E-state index contributed by atoms with van der Waals surface area (Å²) >= 11 is 1.59. The molecule has 1 heterocycles. The Hall–Kier alpha value is -2.29. The van der Waals surface area contributed by atoms with E-state index in [0.29, 0.717) is 31.0 Å². The molecule has 3 rings (SSSR count). The molecule has 1 aliphatic carbocycles. The first kappa shape index (κ1) is 22.4. The van der Waals surface area contributed by atoms with Gasteiger partial charge in [0.15, 0.2) is 5.16 Å². The minimum atomic E-state index is -4.40. The lowest BCUT2D eigenvalue weighted by atomic mass is 10.1. The lowest BCUT2D eigenvalue weighted by Gasteiger charge is -2.16. The van der Waals surface area contributed by atoms with Gasteiger partial charge in [0.2, 0.25) is 5.91 Å². The molecule has 1 fully saturated rings. The highest BCUT2D eigenvalue weighted by atomic mass is 32.2. The van der Waals surface area contributed by atoms with Gasteiger partial charge in [0.1, 0.15) is 5.82 Å². The molecule has 1 aliphatic rings. The van der Waals surface area contributed by atoms with Crippen LogP contribution in [-0.2, 0) is 17.4 Å². The third kappa shape index (κ3) is 5.87. The molecule has 5 nitrogen and oxygen atoms in total. The number of nitrogens with zero attached hydrogens (tertiary/aromatic N) is 3. The molecule has 0 spiro atoms. The molecule has 2 aromatic rings. The first-order valence-electron chi connectivity index (χ1n) is 9.99. The van der Waals surface area contributed by atoms with Gasteiger partial charge in [-0.3, -0.25) is 4.79 Å². The van der Waals surface area contributed by atoms with E-state index in [1.165, 1.54) is 37.1 Å². The lowest BCUT2D eigenvalue weighted by molar-refractivity contribution is -0.137. The van der Waals surface area contributed by atoms with Crippen molar-refractivity contribution in [3.63, 3.8) is 0 Å². The highest BCUT2D eigenvalue weighted by Gasteiger charge is 2.30. The van der Waals surface area contributed by atoms with Crippen molar-refractivity contribution < 1.29 is 18.0 Å². The summed E-state index contributed by atoms with van der Waals surface area (Å²) in [6, 6.07) is 5.33. The number of hydrogen-bond donors (Lipinski definition) is 1. The van der Waals surface area contributed by atoms with Gasteiger partial charge < -0.3 is 9.88 Å². The average Bonchev–Trinajstić information content (AvgIpc) is 3.38. The molecule has 0 saturated heterocycles. The molecule has 1 aromatic carbocycles. The van der Waals surface area contributed by atoms with Crippen molar-refractivity contribution in [2.24, 2.45) is 0 Å². The largest absolute Gasteiger partial charge is 0.416 e. The zero-order valence-corrected chi connectivity index (χ0v) is 17.6. The van der Waals surface area contributed by atoms with Gasteiger partial charge in [0, 0.05) is 25.1 Å². The van der Waals surface area contributed by atoms with Gasteiger partial charge >= 0.3 is 6.18 Å².